The zero-order valence-electron chi connectivity index (χ0n) is 19.9. The lowest BCUT2D eigenvalue weighted by atomic mass is 10.00. The lowest BCUT2D eigenvalue weighted by molar-refractivity contribution is -0.139. The minimum atomic E-state index is -4.46. The van der Waals surface area contributed by atoms with Crippen molar-refractivity contribution in [1.29, 1.82) is 0 Å². The zero-order chi connectivity index (χ0) is 26.0. The summed E-state index contributed by atoms with van der Waals surface area (Å²) in [7, 11) is 0. The van der Waals surface area contributed by atoms with E-state index in [2.05, 4.69) is 0 Å². The van der Waals surface area contributed by atoms with Crippen molar-refractivity contribution in [1.82, 2.24) is 9.80 Å². The first-order valence-electron chi connectivity index (χ1n) is 12.1. The van der Waals surface area contributed by atoms with E-state index in [1.54, 1.807) is 15.9 Å². The van der Waals surface area contributed by atoms with Gasteiger partial charge >= 0.3 is 6.18 Å². The molecule has 1 atom stereocenters. The first kappa shape index (κ1) is 25.0. The Morgan fingerprint density at radius 2 is 1.65 bits per heavy atom. The number of thiophene rings is 1. The highest BCUT2D eigenvalue weighted by Crippen LogP contribution is 2.31. The molecular formula is C29H25F3N2O2S. The van der Waals surface area contributed by atoms with E-state index < -0.39 is 11.7 Å². The highest BCUT2D eigenvalue weighted by atomic mass is 32.1. The third kappa shape index (κ3) is 5.69. The molecule has 0 radical (unpaired) electrons. The van der Waals surface area contributed by atoms with Gasteiger partial charge in [0.1, 0.15) is 6.54 Å². The second-order valence-corrected chi connectivity index (χ2v) is 10.3. The zero-order valence-corrected chi connectivity index (χ0v) is 20.8. The summed E-state index contributed by atoms with van der Waals surface area (Å²) >= 11 is 1.40. The largest absolute Gasteiger partial charge is 0.416 e. The number of fused-ring (bicyclic) bond motifs is 1. The minimum absolute atomic E-state index is 0.0626. The molecule has 0 spiro atoms. The molecule has 0 unspecified atom stereocenters. The van der Waals surface area contributed by atoms with Crippen LogP contribution in [0.15, 0.2) is 84.9 Å². The standard InChI is InChI=1S/C29H25F3N2O2S/c30-29(31,32)23-11-6-9-21(15-23)17-34-24(14-13-20-7-2-1-3-8-20)18-33(19-27(34)35)28(36)26-16-22-10-4-5-12-25(22)37-26/h1-12,15-16,24H,13-14,17-19H2/t24-/m0/s1. The summed E-state index contributed by atoms with van der Waals surface area (Å²) in [5.41, 5.74) is 0.774. The van der Waals surface area contributed by atoms with Gasteiger partial charge in [-0.1, -0.05) is 60.7 Å². The monoisotopic (exact) mass is 522 g/mol. The third-order valence-corrected chi connectivity index (χ3v) is 7.76. The van der Waals surface area contributed by atoms with E-state index in [1.165, 1.54) is 17.4 Å². The Kier molecular flexibility index (Phi) is 7.02. The maximum Gasteiger partial charge on any atom is 0.416 e. The number of halogens is 3. The van der Waals surface area contributed by atoms with Crippen molar-refractivity contribution in [3.8, 4) is 0 Å². The van der Waals surface area contributed by atoms with Gasteiger partial charge in [-0.2, -0.15) is 13.2 Å². The van der Waals surface area contributed by atoms with E-state index >= 15 is 0 Å². The molecule has 1 aromatic heterocycles. The van der Waals surface area contributed by atoms with Crippen molar-refractivity contribution in [3.63, 3.8) is 0 Å². The molecule has 4 nitrogen and oxygen atoms in total. The van der Waals surface area contributed by atoms with Crippen LogP contribution in [0.5, 0.6) is 0 Å². The molecule has 0 N–H and O–H groups in total. The quantitative estimate of drug-likeness (QED) is 0.294. The Labute approximate surface area is 216 Å². The highest BCUT2D eigenvalue weighted by molar-refractivity contribution is 7.20. The van der Waals surface area contributed by atoms with E-state index in [0.717, 1.165) is 27.8 Å². The molecule has 190 valence electrons. The fourth-order valence-electron chi connectivity index (χ4n) is 4.76. The second-order valence-electron chi connectivity index (χ2n) is 9.23. The number of hydrogen-bond donors (Lipinski definition) is 0. The summed E-state index contributed by atoms with van der Waals surface area (Å²) in [6.07, 6.45) is -3.18. The number of piperazine rings is 1. The molecule has 4 aromatic rings. The molecule has 37 heavy (non-hydrogen) atoms. The lowest BCUT2D eigenvalue weighted by Gasteiger charge is -2.41. The average molecular weight is 523 g/mol. The second kappa shape index (κ2) is 10.4. The van der Waals surface area contributed by atoms with Gasteiger partial charge in [-0.3, -0.25) is 9.59 Å². The van der Waals surface area contributed by atoms with Crippen LogP contribution >= 0.6 is 11.3 Å². The Morgan fingerprint density at radius 1 is 0.919 bits per heavy atom. The van der Waals surface area contributed by atoms with E-state index in [4.69, 9.17) is 0 Å². The normalized spacial score (nSPS) is 16.4. The fraction of sp³-hybridized carbons (Fsp3) is 0.241. The van der Waals surface area contributed by atoms with Crippen LogP contribution in [0.4, 0.5) is 13.2 Å². The highest BCUT2D eigenvalue weighted by Gasteiger charge is 2.36. The first-order chi connectivity index (χ1) is 17.8. The third-order valence-electron chi connectivity index (χ3n) is 6.66. The van der Waals surface area contributed by atoms with Gasteiger partial charge in [-0.25, -0.2) is 0 Å². The summed E-state index contributed by atoms with van der Waals surface area (Å²) in [5.74, 6) is -0.464. The molecular weight excluding hydrogens is 497 g/mol. The Hall–Kier alpha value is -3.65. The number of carbonyl (C=O) groups is 2. The number of alkyl halides is 3. The van der Waals surface area contributed by atoms with E-state index in [9.17, 15) is 22.8 Å². The number of rotatable bonds is 6. The molecule has 0 aliphatic carbocycles. The molecule has 3 aromatic carbocycles. The van der Waals surface area contributed by atoms with Crippen molar-refractivity contribution in [3.05, 3.63) is 106 Å². The number of hydrogen-bond acceptors (Lipinski definition) is 3. The summed E-state index contributed by atoms with van der Waals surface area (Å²) < 4.78 is 40.8. The Morgan fingerprint density at radius 3 is 2.41 bits per heavy atom. The van der Waals surface area contributed by atoms with Crippen LogP contribution in [-0.4, -0.2) is 40.7 Å². The van der Waals surface area contributed by atoms with Crippen molar-refractivity contribution >= 4 is 33.2 Å². The number of carbonyl (C=O) groups excluding carboxylic acids is 2. The van der Waals surface area contributed by atoms with Crippen molar-refractivity contribution in [2.24, 2.45) is 0 Å². The molecule has 1 aliphatic rings. The van der Waals surface area contributed by atoms with Crippen molar-refractivity contribution < 1.29 is 22.8 Å². The maximum atomic E-state index is 13.4. The predicted octanol–water partition coefficient (Wildman–Crippen LogP) is 6.41. The van der Waals surface area contributed by atoms with Crippen LogP contribution in [0.1, 0.15) is 32.8 Å². The van der Waals surface area contributed by atoms with Gasteiger partial charge in [0.05, 0.1) is 16.5 Å². The number of benzene rings is 3. The van der Waals surface area contributed by atoms with Gasteiger partial charge in [0.25, 0.3) is 5.91 Å². The molecule has 8 heteroatoms. The predicted molar refractivity (Wildman–Crippen MR) is 138 cm³/mol. The Bertz CT molecular complexity index is 1380. The molecule has 1 saturated heterocycles. The number of aryl methyl sites for hydroxylation is 1. The topological polar surface area (TPSA) is 40.6 Å². The van der Waals surface area contributed by atoms with Crippen LogP contribution in [-0.2, 0) is 23.9 Å². The summed E-state index contributed by atoms with van der Waals surface area (Å²) in [6, 6.07) is 24.2. The van der Waals surface area contributed by atoms with Gasteiger partial charge in [0.15, 0.2) is 0 Å². The minimum Gasteiger partial charge on any atom is -0.332 e. The van der Waals surface area contributed by atoms with Crippen LogP contribution in [0.2, 0.25) is 0 Å². The average Bonchev–Trinajstić information content (AvgIpc) is 3.33. The summed E-state index contributed by atoms with van der Waals surface area (Å²) in [6.45, 7) is 0.283. The van der Waals surface area contributed by atoms with E-state index in [1.807, 2.05) is 60.7 Å². The molecule has 5 rings (SSSR count). The fourth-order valence-corrected chi connectivity index (χ4v) is 5.79. The van der Waals surface area contributed by atoms with Crippen LogP contribution < -0.4 is 0 Å². The molecule has 2 amide bonds. The smallest absolute Gasteiger partial charge is 0.332 e. The van der Waals surface area contributed by atoms with E-state index in [0.29, 0.717) is 29.8 Å². The van der Waals surface area contributed by atoms with Crippen molar-refractivity contribution in [2.45, 2.75) is 31.6 Å². The van der Waals surface area contributed by atoms with Crippen LogP contribution in [0.3, 0.4) is 0 Å². The number of amides is 2. The molecule has 2 heterocycles. The number of nitrogens with zero attached hydrogens (tertiary/aromatic N) is 2. The van der Waals surface area contributed by atoms with Gasteiger partial charge < -0.3 is 9.80 Å². The maximum absolute atomic E-state index is 13.4. The molecule has 0 saturated carbocycles. The van der Waals surface area contributed by atoms with Gasteiger partial charge in [0.2, 0.25) is 5.91 Å². The summed E-state index contributed by atoms with van der Waals surface area (Å²) in [4.78, 5) is 30.5. The van der Waals surface area contributed by atoms with Crippen molar-refractivity contribution in [2.75, 3.05) is 13.1 Å². The Balaban J connectivity index is 1.39. The van der Waals surface area contributed by atoms with E-state index in [-0.39, 0.29) is 30.9 Å². The van der Waals surface area contributed by atoms with Gasteiger partial charge in [-0.05, 0) is 53.6 Å². The molecule has 1 fully saturated rings. The molecule has 1 aliphatic heterocycles. The SMILES string of the molecule is O=C(c1cc2ccccc2s1)N1CC(=O)N(Cc2cccc(C(F)(F)F)c2)[C@@H](CCc2ccccc2)C1. The summed E-state index contributed by atoms with van der Waals surface area (Å²) in [5, 5.41) is 0.978. The van der Waals surface area contributed by atoms with Crippen LogP contribution in [0, 0.1) is 0 Å². The van der Waals surface area contributed by atoms with Gasteiger partial charge in [0, 0.05) is 17.8 Å². The first-order valence-corrected chi connectivity index (χ1v) is 12.9. The van der Waals surface area contributed by atoms with Crippen LogP contribution in [0.25, 0.3) is 10.1 Å². The molecule has 0 bridgehead atoms. The van der Waals surface area contributed by atoms with Gasteiger partial charge in [-0.15, -0.1) is 11.3 Å². The lowest BCUT2D eigenvalue weighted by Crippen LogP contribution is -2.57.